The van der Waals surface area contributed by atoms with Crippen LogP contribution in [0, 0.1) is 0 Å². The lowest BCUT2D eigenvalue weighted by Crippen LogP contribution is -2.66. The lowest BCUT2D eigenvalue weighted by atomic mass is 9.84. The third kappa shape index (κ3) is 5.29. The molecule has 1 aliphatic rings. The van der Waals surface area contributed by atoms with Crippen molar-refractivity contribution in [3.05, 3.63) is 101 Å². The largest absolute Gasteiger partial charge is 0.493 e. The van der Waals surface area contributed by atoms with E-state index in [-0.39, 0.29) is 47.0 Å². The van der Waals surface area contributed by atoms with E-state index in [2.05, 4.69) is 0 Å². The summed E-state index contributed by atoms with van der Waals surface area (Å²) in [5.74, 6) is -3.66. The Kier molecular flexibility index (Phi) is 8.60. The van der Waals surface area contributed by atoms with Crippen LogP contribution in [0.15, 0.2) is 84.1 Å². The van der Waals surface area contributed by atoms with E-state index in [0.717, 1.165) is 22.6 Å². The van der Waals surface area contributed by atoms with Crippen LogP contribution in [0.25, 0.3) is 0 Å². The van der Waals surface area contributed by atoms with Gasteiger partial charge < -0.3 is 24.4 Å². The van der Waals surface area contributed by atoms with Crippen molar-refractivity contribution in [3.63, 3.8) is 0 Å². The van der Waals surface area contributed by atoms with Gasteiger partial charge in [-0.3, -0.25) is 14.4 Å². The topological polar surface area (TPSA) is 94.2 Å². The number of allylic oxidation sites excluding steroid dienone is 1. The fraction of sp³-hybridized carbons (Fsp3) is 0.258. The predicted molar refractivity (Wildman–Crippen MR) is 148 cm³/mol. The highest BCUT2D eigenvalue weighted by atomic mass is 19.4. The van der Waals surface area contributed by atoms with Crippen LogP contribution in [0.5, 0.6) is 17.2 Å². The Morgan fingerprint density at radius 1 is 0.857 bits per heavy atom. The van der Waals surface area contributed by atoms with Crippen LogP contribution >= 0.6 is 0 Å². The molecule has 0 bridgehead atoms. The number of nitrogens with zero attached hydrogens (tertiary/aromatic N) is 1. The minimum Gasteiger partial charge on any atom is -0.493 e. The van der Waals surface area contributed by atoms with Crippen LogP contribution in [-0.2, 0) is 11.2 Å². The Balaban J connectivity index is 1.86. The zero-order chi connectivity index (χ0) is 30.7. The van der Waals surface area contributed by atoms with Gasteiger partial charge in [-0.2, -0.15) is 13.2 Å². The summed E-state index contributed by atoms with van der Waals surface area (Å²) in [6.07, 6.45) is -5.19. The molecule has 0 radical (unpaired) electrons. The smallest absolute Gasteiger partial charge is 0.425 e. The number of carbonyl (C=O) groups is 3. The summed E-state index contributed by atoms with van der Waals surface area (Å²) in [6.45, 7) is 1.12. The Labute approximate surface area is 240 Å². The molecule has 0 saturated carbocycles. The summed E-state index contributed by atoms with van der Waals surface area (Å²) in [7, 11) is 3.89. The van der Waals surface area contributed by atoms with Crippen molar-refractivity contribution in [2.75, 3.05) is 27.9 Å². The first-order valence-corrected chi connectivity index (χ1v) is 12.9. The van der Waals surface area contributed by atoms with Crippen molar-refractivity contribution in [1.29, 1.82) is 0 Å². The molecule has 0 aromatic heterocycles. The lowest BCUT2D eigenvalue weighted by molar-refractivity contribution is -0.189. The molecule has 4 rings (SSSR count). The number of carbonyl (C=O) groups excluding carboxylic acids is 3. The minimum atomic E-state index is -5.40. The van der Waals surface area contributed by atoms with E-state index in [1.807, 2.05) is 5.32 Å². The Bertz CT molecular complexity index is 1500. The standard InChI is InChI=1S/C31H29F3N2O6/c1-19-25(26(37)21-13-9-6-10-14-21)30(31(32,33)34,29(39)36(19)16-15-20-11-7-5-8-12-20)35-28(38)22-17-23(40-2)27(42-4)24(18-22)41-3/h5-14,17-18H,15-16H2,1-4H3,(H,35,38). The summed E-state index contributed by atoms with van der Waals surface area (Å²) in [5.41, 5.74) is -4.35. The number of methoxy groups -OCH3 is 3. The summed E-state index contributed by atoms with van der Waals surface area (Å²) in [6, 6.07) is 18.5. The lowest BCUT2D eigenvalue weighted by Gasteiger charge is -2.33. The van der Waals surface area contributed by atoms with E-state index < -0.39 is 34.9 Å². The number of ether oxygens (including phenoxy) is 3. The number of Topliss-reactive ketones (excluding diaryl/α,β-unsaturated/α-hetero) is 1. The first-order chi connectivity index (χ1) is 20.0. The molecular formula is C31H29F3N2O6. The van der Waals surface area contributed by atoms with E-state index in [1.165, 1.54) is 52.5 Å². The fourth-order valence-corrected chi connectivity index (χ4v) is 5.00. The number of amides is 2. The van der Waals surface area contributed by atoms with Gasteiger partial charge in [0, 0.05) is 23.4 Å². The zero-order valence-electron chi connectivity index (χ0n) is 23.4. The fourth-order valence-electron chi connectivity index (χ4n) is 5.00. The number of rotatable bonds is 10. The molecule has 1 N–H and O–H groups in total. The molecule has 1 heterocycles. The average Bonchev–Trinajstić information content (AvgIpc) is 3.21. The van der Waals surface area contributed by atoms with Gasteiger partial charge in [0.1, 0.15) is 0 Å². The molecular weight excluding hydrogens is 553 g/mol. The van der Waals surface area contributed by atoms with Gasteiger partial charge in [0.15, 0.2) is 17.3 Å². The molecule has 11 heteroatoms. The van der Waals surface area contributed by atoms with Crippen molar-refractivity contribution >= 4 is 17.6 Å². The first-order valence-electron chi connectivity index (χ1n) is 12.9. The molecule has 42 heavy (non-hydrogen) atoms. The van der Waals surface area contributed by atoms with Crippen LogP contribution in [0.3, 0.4) is 0 Å². The highest BCUT2D eigenvalue weighted by Crippen LogP contribution is 2.46. The molecule has 220 valence electrons. The summed E-state index contributed by atoms with van der Waals surface area (Å²) >= 11 is 0. The number of halogens is 3. The number of hydrogen-bond donors (Lipinski definition) is 1. The molecule has 0 saturated heterocycles. The molecule has 2 amide bonds. The average molecular weight is 583 g/mol. The molecule has 1 atom stereocenters. The van der Waals surface area contributed by atoms with Gasteiger partial charge in [-0.25, -0.2) is 0 Å². The summed E-state index contributed by atoms with van der Waals surface area (Å²) < 4.78 is 61.5. The van der Waals surface area contributed by atoms with E-state index in [1.54, 1.807) is 36.4 Å². The molecule has 1 unspecified atom stereocenters. The summed E-state index contributed by atoms with van der Waals surface area (Å²) in [5, 5.41) is 1.91. The van der Waals surface area contributed by atoms with Gasteiger partial charge in [0.2, 0.25) is 11.3 Å². The second kappa shape index (κ2) is 12.0. The monoisotopic (exact) mass is 582 g/mol. The van der Waals surface area contributed by atoms with Crippen LogP contribution in [-0.4, -0.2) is 62.1 Å². The summed E-state index contributed by atoms with van der Waals surface area (Å²) in [4.78, 5) is 42.1. The van der Waals surface area contributed by atoms with Crippen molar-refractivity contribution < 1.29 is 41.8 Å². The quantitative estimate of drug-likeness (QED) is 0.339. The van der Waals surface area contributed by atoms with Crippen LogP contribution in [0.2, 0.25) is 0 Å². The maximum atomic E-state index is 15.3. The first kappa shape index (κ1) is 30.2. The van der Waals surface area contributed by atoms with Gasteiger partial charge in [-0.05, 0) is 31.0 Å². The SMILES string of the molecule is COc1cc(C(=O)NC2(C(F)(F)F)C(=O)N(CCc3ccccc3)C(C)=C2C(=O)c2ccccc2)cc(OC)c1OC. The molecule has 1 aliphatic heterocycles. The Morgan fingerprint density at radius 3 is 1.90 bits per heavy atom. The van der Waals surface area contributed by atoms with Crippen molar-refractivity contribution in [3.8, 4) is 17.2 Å². The molecule has 0 spiro atoms. The number of alkyl halides is 3. The van der Waals surface area contributed by atoms with Gasteiger partial charge in [0.25, 0.3) is 11.8 Å². The maximum Gasteiger partial charge on any atom is 0.425 e. The highest BCUT2D eigenvalue weighted by Gasteiger charge is 2.70. The van der Waals surface area contributed by atoms with Gasteiger partial charge in [-0.1, -0.05) is 60.7 Å². The molecule has 8 nitrogen and oxygen atoms in total. The number of hydrogen-bond acceptors (Lipinski definition) is 6. The second-order valence-electron chi connectivity index (χ2n) is 9.46. The van der Waals surface area contributed by atoms with Crippen molar-refractivity contribution in [1.82, 2.24) is 10.2 Å². The molecule has 3 aromatic carbocycles. The normalized spacial score (nSPS) is 16.8. The van der Waals surface area contributed by atoms with Gasteiger partial charge in [0.05, 0.1) is 26.9 Å². The minimum absolute atomic E-state index is 0.0117. The van der Waals surface area contributed by atoms with E-state index >= 15 is 13.2 Å². The molecule has 3 aromatic rings. The Morgan fingerprint density at radius 2 is 1.40 bits per heavy atom. The molecule has 0 fully saturated rings. The maximum absolute atomic E-state index is 15.3. The highest BCUT2D eigenvalue weighted by molar-refractivity contribution is 6.19. The molecule has 0 aliphatic carbocycles. The van der Waals surface area contributed by atoms with E-state index in [0.29, 0.717) is 0 Å². The van der Waals surface area contributed by atoms with Crippen LogP contribution in [0.4, 0.5) is 13.2 Å². The third-order valence-corrected chi connectivity index (χ3v) is 7.09. The number of benzene rings is 3. The van der Waals surface area contributed by atoms with Crippen molar-refractivity contribution in [2.24, 2.45) is 0 Å². The van der Waals surface area contributed by atoms with E-state index in [4.69, 9.17) is 14.2 Å². The number of nitrogens with one attached hydrogen (secondary N) is 1. The van der Waals surface area contributed by atoms with Gasteiger partial charge >= 0.3 is 6.18 Å². The van der Waals surface area contributed by atoms with Crippen LogP contribution in [0.1, 0.15) is 33.2 Å². The second-order valence-corrected chi connectivity index (χ2v) is 9.46. The predicted octanol–water partition coefficient (Wildman–Crippen LogP) is 4.99. The zero-order valence-corrected chi connectivity index (χ0v) is 23.4. The number of ketones is 1. The van der Waals surface area contributed by atoms with Gasteiger partial charge in [-0.15, -0.1) is 0 Å². The Hall–Kier alpha value is -4.80. The van der Waals surface area contributed by atoms with Crippen molar-refractivity contribution in [2.45, 2.75) is 25.1 Å². The van der Waals surface area contributed by atoms with Crippen LogP contribution < -0.4 is 19.5 Å². The van der Waals surface area contributed by atoms with E-state index in [9.17, 15) is 14.4 Å². The third-order valence-electron chi connectivity index (χ3n) is 7.09.